The quantitative estimate of drug-likeness (QED) is 0.760. The number of hydrogen-bond acceptors (Lipinski definition) is 3. The summed E-state index contributed by atoms with van der Waals surface area (Å²) in [5.74, 6) is 0.534. The van der Waals surface area contributed by atoms with Crippen molar-refractivity contribution in [2.75, 3.05) is 7.11 Å². The monoisotopic (exact) mass is 301 g/mol. The molecule has 5 heteroatoms. The van der Waals surface area contributed by atoms with Gasteiger partial charge in [-0.15, -0.1) is 0 Å². The number of pyridine rings is 1. The summed E-state index contributed by atoms with van der Waals surface area (Å²) in [5, 5.41) is 11.5. The largest absolute Gasteiger partial charge is 0.506 e. The second-order valence-electron chi connectivity index (χ2n) is 4.60. The number of hydrogen-bond donors (Lipinski definition) is 2. The molecule has 1 heterocycles. The van der Waals surface area contributed by atoms with Crippen LogP contribution in [0.4, 0.5) is 0 Å². The van der Waals surface area contributed by atoms with Gasteiger partial charge in [0.15, 0.2) is 0 Å². The Bertz CT molecular complexity index is 886. The van der Waals surface area contributed by atoms with E-state index in [1.54, 1.807) is 49.6 Å². The van der Waals surface area contributed by atoms with Gasteiger partial charge in [-0.1, -0.05) is 23.7 Å². The van der Waals surface area contributed by atoms with Crippen molar-refractivity contribution in [2.45, 2.75) is 0 Å². The van der Waals surface area contributed by atoms with Crippen molar-refractivity contribution in [3.05, 3.63) is 57.8 Å². The maximum absolute atomic E-state index is 12.3. The number of ether oxygens (including phenoxy) is 1. The summed E-state index contributed by atoms with van der Waals surface area (Å²) in [7, 11) is 1.54. The van der Waals surface area contributed by atoms with Crippen molar-refractivity contribution in [1.29, 1.82) is 0 Å². The second-order valence-corrected chi connectivity index (χ2v) is 5.04. The molecule has 0 bridgehead atoms. The van der Waals surface area contributed by atoms with Crippen LogP contribution in [0.3, 0.4) is 0 Å². The molecule has 0 spiro atoms. The summed E-state index contributed by atoms with van der Waals surface area (Å²) >= 11 is 5.95. The third kappa shape index (κ3) is 2.34. The van der Waals surface area contributed by atoms with E-state index in [4.69, 9.17) is 16.3 Å². The van der Waals surface area contributed by atoms with E-state index in [9.17, 15) is 9.90 Å². The molecule has 0 atom stereocenters. The highest BCUT2D eigenvalue weighted by atomic mass is 35.5. The van der Waals surface area contributed by atoms with Crippen LogP contribution in [0.15, 0.2) is 47.3 Å². The number of aromatic hydroxyl groups is 1. The van der Waals surface area contributed by atoms with E-state index in [0.29, 0.717) is 27.2 Å². The maximum atomic E-state index is 12.3. The van der Waals surface area contributed by atoms with Gasteiger partial charge >= 0.3 is 0 Å². The minimum Gasteiger partial charge on any atom is -0.506 e. The Morgan fingerprint density at radius 2 is 2.00 bits per heavy atom. The van der Waals surface area contributed by atoms with Gasteiger partial charge in [0, 0.05) is 16.5 Å². The Labute approximate surface area is 125 Å². The highest BCUT2D eigenvalue weighted by molar-refractivity contribution is 6.30. The minimum atomic E-state index is -0.379. The first kappa shape index (κ1) is 13.5. The van der Waals surface area contributed by atoms with Gasteiger partial charge in [-0.05, 0) is 29.8 Å². The standard InChI is InChI=1S/C16H12ClNO3/c1-21-11-5-6-12-13(8-11)18-16(20)14(15(12)19)9-3-2-4-10(17)7-9/h2-8H,1H3,(H2,18,19,20). The Morgan fingerprint density at radius 3 is 2.71 bits per heavy atom. The fourth-order valence-electron chi connectivity index (χ4n) is 2.30. The molecule has 0 amide bonds. The minimum absolute atomic E-state index is 0.0707. The highest BCUT2D eigenvalue weighted by Crippen LogP contribution is 2.34. The average Bonchev–Trinajstić information content (AvgIpc) is 2.46. The Kier molecular flexibility index (Phi) is 3.31. The Hall–Kier alpha value is -2.46. The van der Waals surface area contributed by atoms with Gasteiger partial charge in [-0.3, -0.25) is 4.79 Å². The molecule has 0 unspecified atom stereocenters. The van der Waals surface area contributed by atoms with Crippen molar-refractivity contribution in [1.82, 2.24) is 4.98 Å². The SMILES string of the molecule is COc1ccc2c(O)c(-c3cccc(Cl)c3)c(=O)[nH]c2c1. The van der Waals surface area contributed by atoms with E-state index in [-0.39, 0.29) is 16.9 Å². The van der Waals surface area contributed by atoms with Gasteiger partial charge in [0.1, 0.15) is 11.5 Å². The molecular weight excluding hydrogens is 290 g/mol. The smallest absolute Gasteiger partial charge is 0.260 e. The molecule has 0 aliphatic heterocycles. The van der Waals surface area contributed by atoms with Gasteiger partial charge in [-0.2, -0.15) is 0 Å². The fourth-order valence-corrected chi connectivity index (χ4v) is 2.49. The number of H-pyrrole nitrogens is 1. The van der Waals surface area contributed by atoms with Crippen molar-refractivity contribution >= 4 is 22.5 Å². The zero-order chi connectivity index (χ0) is 15.0. The van der Waals surface area contributed by atoms with Crippen LogP contribution in [0.5, 0.6) is 11.5 Å². The number of halogens is 1. The number of aromatic amines is 1. The lowest BCUT2D eigenvalue weighted by Gasteiger charge is -2.09. The van der Waals surface area contributed by atoms with E-state index in [0.717, 1.165) is 0 Å². The van der Waals surface area contributed by atoms with Crippen LogP contribution in [0, 0.1) is 0 Å². The third-order valence-corrected chi connectivity index (χ3v) is 3.54. The number of nitrogens with one attached hydrogen (secondary N) is 1. The van der Waals surface area contributed by atoms with Gasteiger partial charge in [0.2, 0.25) is 0 Å². The second kappa shape index (κ2) is 5.14. The molecule has 0 saturated carbocycles. The molecule has 21 heavy (non-hydrogen) atoms. The molecule has 4 nitrogen and oxygen atoms in total. The summed E-state index contributed by atoms with van der Waals surface area (Å²) in [5.41, 5.74) is 0.910. The lowest BCUT2D eigenvalue weighted by atomic mass is 10.0. The summed E-state index contributed by atoms with van der Waals surface area (Å²) in [6.45, 7) is 0. The van der Waals surface area contributed by atoms with Gasteiger partial charge < -0.3 is 14.8 Å². The molecule has 0 saturated heterocycles. The zero-order valence-electron chi connectivity index (χ0n) is 11.2. The molecular formula is C16H12ClNO3. The van der Waals surface area contributed by atoms with Crippen LogP contribution in [-0.2, 0) is 0 Å². The highest BCUT2D eigenvalue weighted by Gasteiger charge is 2.14. The van der Waals surface area contributed by atoms with Crippen LogP contribution >= 0.6 is 11.6 Å². The zero-order valence-corrected chi connectivity index (χ0v) is 11.9. The number of aromatic nitrogens is 1. The third-order valence-electron chi connectivity index (χ3n) is 3.31. The molecule has 3 rings (SSSR count). The normalized spacial score (nSPS) is 10.8. The van der Waals surface area contributed by atoms with Crippen LogP contribution in [0.1, 0.15) is 0 Å². The van der Waals surface area contributed by atoms with Crippen molar-refractivity contribution < 1.29 is 9.84 Å². The lowest BCUT2D eigenvalue weighted by Crippen LogP contribution is -2.09. The molecule has 1 aromatic heterocycles. The van der Waals surface area contributed by atoms with E-state index < -0.39 is 0 Å². The molecule has 106 valence electrons. The Balaban J connectivity index is 2.32. The lowest BCUT2D eigenvalue weighted by molar-refractivity contribution is 0.415. The number of fused-ring (bicyclic) bond motifs is 1. The van der Waals surface area contributed by atoms with Crippen LogP contribution in [-0.4, -0.2) is 17.2 Å². The predicted octanol–water partition coefficient (Wildman–Crippen LogP) is 3.56. The van der Waals surface area contributed by atoms with Gasteiger partial charge in [0.25, 0.3) is 5.56 Å². The topological polar surface area (TPSA) is 62.3 Å². The molecule has 0 radical (unpaired) electrons. The number of rotatable bonds is 2. The Morgan fingerprint density at radius 1 is 1.19 bits per heavy atom. The number of benzene rings is 2. The van der Waals surface area contributed by atoms with Gasteiger partial charge in [0.05, 0.1) is 18.2 Å². The molecule has 0 fully saturated rings. The van der Waals surface area contributed by atoms with Crippen LogP contribution < -0.4 is 10.3 Å². The summed E-state index contributed by atoms with van der Waals surface area (Å²) in [4.78, 5) is 15.0. The fraction of sp³-hybridized carbons (Fsp3) is 0.0625. The van der Waals surface area contributed by atoms with Gasteiger partial charge in [-0.25, -0.2) is 0 Å². The van der Waals surface area contributed by atoms with Crippen molar-refractivity contribution in [3.8, 4) is 22.6 Å². The first-order valence-corrected chi connectivity index (χ1v) is 6.67. The molecule has 2 aromatic carbocycles. The summed E-state index contributed by atoms with van der Waals surface area (Å²) in [6.07, 6.45) is 0. The van der Waals surface area contributed by atoms with Crippen molar-refractivity contribution in [2.24, 2.45) is 0 Å². The van der Waals surface area contributed by atoms with E-state index in [1.807, 2.05) is 0 Å². The van der Waals surface area contributed by atoms with Crippen LogP contribution in [0.2, 0.25) is 5.02 Å². The predicted molar refractivity (Wildman–Crippen MR) is 83.2 cm³/mol. The first-order chi connectivity index (χ1) is 10.1. The van der Waals surface area contributed by atoms with E-state index in [2.05, 4.69) is 4.98 Å². The maximum Gasteiger partial charge on any atom is 0.260 e. The first-order valence-electron chi connectivity index (χ1n) is 6.29. The molecule has 3 aromatic rings. The summed E-state index contributed by atoms with van der Waals surface area (Å²) < 4.78 is 5.11. The van der Waals surface area contributed by atoms with Crippen molar-refractivity contribution in [3.63, 3.8) is 0 Å². The molecule has 0 aliphatic carbocycles. The van der Waals surface area contributed by atoms with E-state index >= 15 is 0 Å². The average molecular weight is 302 g/mol. The molecule has 2 N–H and O–H groups in total. The van der Waals surface area contributed by atoms with Crippen LogP contribution in [0.25, 0.3) is 22.0 Å². The number of methoxy groups -OCH3 is 1. The molecule has 0 aliphatic rings. The van der Waals surface area contributed by atoms with E-state index in [1.165, 1.54) is 0 Å². The summed E-state index contributed by atoms with van der Waals surface area (Å²) in [6, 6.07) is 11.9.